The number of ether oxygens (including phenoxy) is 1. The first-order valence-corrected chi connectivity index (χ1v) is 13.9. The van der Waals surface area contributed by atoms with Crippen LogP contribution in [0.15, 0.2) is 12.2 Å². The van der Waals surface area contributed by atoms with E-state index < -0.39 is 0 Å². The van der Waals surface area contributed by atoms with Crippen molar-refractivity contribution in [1.29, 1.82) is 0 Å². The lowest BCUT2D eigenvalue weighted by molar-refractivity contribution is -0.285. The summed E-state index contributed by atoms with van der Waals surface area (Å²) < 4.78 is 6.79. The lowest BCUT2D eigenvalue weighted by atomic mass is 9.29. The van der Waals surface area contributed by atoms with E-state index >= 15 is 0 Å². The molecule has 5 aliphatic carbocycles. The van der Waals surface area contributed by atoms with Crippen molar-refractivity contribution < 1.29 is 14.6 Å². The lowest BCUT2D eigenvalue weighted by Crippen LogP contribution is -2.72. The second-order valence-corrected chi connectivity index (χ2v) is 14.5. The van der Waals surface area contributed by atoms with Gasteiger partial charge in [-0.2, -0.15) is 0 Å². The van der Waals surface area contributed by atoms with Gasteiger partial charge in [0, 0.05) is 11.3 Å². The molecule has 1 spiro atoms. The van der Waals surface area contributed by atoms with Crippen LogP contribution in [0.1, 0.15) is 106 Å². The van der Waals surface area contributed by atoms with E-state index in [1.54, 1.807) is 0 Å². The highest BCUT2D eigenvalue weighted by Gasteiger charge is 2.81. The fraction of sp³-hybridized carbons (Fsp3) is 0.900. The van der Waals surface area contributed by atoms with Gasteiger partial charge in [-0.3, -0.25) is 4.79 Å². The molecular formula is C30H46O3. The third-order valence-corrected chi connectivity index (χ3v) is 14.3. The standard InChI is InChI=1S/C30H46O3/c1-18-8-12-29-17-16-28(7)27(6)15-14-25(4)20(3)21(31)9-11-26(25,5)22(27)10-13-30(28,33-24(29)32)23(29)19(18)2/h18-19,21-23,31H,3,8-17H2,1-2,4-7H3/t18-,19+,21+,22?,23?,25+,26-,27-,28+,29+,30+/m1/s1. The predicted molar refractivity (Wildman–Crippen MR) is 130 cm³/mol. The number of rotatable bonds is 0. The summed E-state index contributed by atoms with van der Waals surface area (Å²) in [6.45, 7) is 19.3. The summed E-state index contributed by atoms with van der Waals surface area (Å²) >= 11 is 0. The maximum Gasteiger partial charge on any atom is 0.313 e. The quantitative estimate of drug-likeness (QED) is 0.328. The van der Waals surface area contributed by atoms with Gasteiger partial charge in [-0.1, -0.05) is 48.1 Å². The molecule has 0 aromatic heterocycles. The molecule has 0 amide bonds. The van der Waals surface area contributed by atoms with Crippen LogP contribution in [0.2, 0.25) is 0 Å². The first-order chi connectivity index (χ1) is 15.3. The molecule has 6 fully saturated rings. The average molecular weight is 455 g/mol. The summed E-state index contributed by atoms with van der Waals surface area (Å²) in [7, 11) is 0. The van der Waals surface area contributed by atoms with E-state index in [0.717, 1.165) is 63.4 Å². The van der Waals surface area contributed by atoms with Gasteiger partial charge in [-0.05, 0) is 104 Å². The molecule has 1 N–H and O–H groups in total. The molecule has 6 rings (SSSR count). The van der Waals surface area contributed by atoms with Gasteiger partial charge in [-0.25, -0.2) is 0 Å². The van der Waals surface area contributed by atoms with Crippen molar-refractivity contribution in [2.45, 2.75) is 117 Å². The Hall–Kier alpha value is -0.830. The van der Waals surface area contributed by atoms with Gasteiger partial charge in [0.2, 0.25) is 0 Å². The molecule has 3 heteroatoms. The summed E-state index contributed by atoms with van der Waals surface area (Å²) in [5.74, 6) is 2.31. The molecule has 3 nitrogen and oxygen atoms in total. The third kappa shape index (κ3) is 2.15. The Bertz CT molecular complexity index is 926. The van der Waals surface area contributed by atoms with Crippen LogP contribution < -0.4 is 0 Å². The largest absolute Gasteiger partial charge is 0.458 e. The molecule has 5 saturated carbocycles. The molecule has 0 aromatic rings. The highest BCUT2D eigenvalue weighted by Crippen LogP contribution is 2.81. The third-order valence-electron chi connectivity index (χ3n) is 14.3. The Balaban J connectivity index is 1.49. The van der Waals surface area contributed by atoms with Crippen molar-refractivity contribution in [3.05, 3.63) is 12.2 Å². The number of esters is 1. The zero-order valence-electron chi connectivity index (χ0n) is 21.9. The molecule has 2 unspecified atom stereocenters. The SMILES string of the molecule is C=C1[C@@H](O)CC[C@]2(C)C3CC[C@]45OC(=O)[C@@]6(CC[C@@H](C)[C@H](C)C64)CC[C@@]5(C)[C@]3(C)CC[C@@]12C. The number of hydrogen-bond donors (Lipinski definition) is 1. The van der Waals surface area contributed by atoms with Crippen LogP contribution in [0.5, 0.6) is 0 Å². The van der Waals surface area contributed by atoms with Crippen molar-refractivity contribution in [1.82, 2.24) is 0 Å². The fourth-order valence-electron chi connectivity index (χ4n) is 11.6. The molecule has 11 atom stereocenters. The molecule has 33 heavy (non-hydrogen) atoms. The number of carbonyl (C=O) groups is 1. The van der Waals surface area contributed by atoms with E-state index in [1.165, 1.54) is 6.42 Å². The Morgan fingerprint density at radius 2 is 1.61 bits per heavy atom. The van der Waals surface area contributed by atoms with Gasteiger partial charge >= 0.3 is 5.97 Å². The van der Waals surface area contributed by atoms with Gasteiger partial charge in [0.05, 0.1) is 11.5 Å². The van der Waals surface area contributed by atoms with Crippen molar-refractivity contribution >= 4 is 5.97 Å². The number of aliphatic hydroxyl groups is 1. The second-order valence-electron chi connectivity index (χ2n) is 14.5. The summed E-state index contributed by atoms with van der Waals surface area (Å²) in [5, 5.41) is 10.7. The van der Waals surface area contributed by atoms with Gasteiger partial charge < -0.3 is 9.84 Å². The van der Waals surface area contributed by atoms with Crippen molar-refractivity contribution in [3.63, 3.8) is 0 Å². The topological polar surface area (TPSA) is 46.5 Å². The monoisotopic (exact) mass is 454 g/mol. The molecule has 0 aromatic carbocycles. The van der Waals surface area contributed by atoms with Crippen molar-refractivity contribution in [2.75, 3.05) is 0 Å². The highest BCUT2D eigenvalue weighted by molar-refractivity contribution is 5.82. The lowest BCUT2D eigenvalue weighted by Gasteiger charge is -2.74. The number of hydrogen-bond acceptors (Lipinski definition) is 3. The van der Waals surface area contributed by atoms with Crippen molar-refractivity contribution in [2.24, 2.45) is 50.7 Å². The molecule has 0 radical (unpaired) electrons. The average Bonchev–Trinajstić information content (AvgIpc) is 2.97. The smallest absolute Gasteiger partial charge is 0.313 e. The first-order valence-electron chi connectivity index (χ1n) is 13.9. The van der Waals surface area contributed by atoms with E-state index in [0.29, 0.717) is 23.7 Å². The molecule has 6 aliphatic rings. The van der Waals surface area contributed by atoms with Crippen molar-refractivity contribution in [3.8, 4) is 0 Å². The number of carbonyl (C=O) groups excluding carboxylic acids is 1. The van der Waals surface area contributed by atoms with Crippen LogP contribution in [-0.2, 0) is 9.53 Å². The minimum atomic E-state index is -0.353. The maximum atomic E-state index is 13.7. The summed E-state index contributed by atoms with van der Waals surface area (Å²) in [5.41, 5.74) is 0.849. The molecule has 2 bridgehead atoms. The van der Waals surface area contributed by atoms with Gasteiger partial charge in [-0.15, -0.1) is 0 Å². The molecule has 1 heterocycles. The fourth-order valence-corrected chi connectivity index (χ4v) is 11.6. The maximum absolute atomic E-state index is 13.7. The molecule has 1 aliphatic heterocycles. The van der Waals surface area contributed by atoms with Crippen LogP contribution in [0.3, 0.4) is 0 Å². The molecule has 184 valence electrons. The minimum Gasteiger partial charge on any atom is -0.458 e. The first kappa shape index (κ1) is 22.6. The van der Waals surface area contributed by atoms with Crippen LogP contribution >= 0.6 is 0 Å². The van der Waals surface area contributed by atoms with Gasteiger partial charge in [0.25, 0.3) is 0 Å². The summed E-state index contributed by atoms with van der Waals surface area (Å²) in [6.07, 6.45) is 10.3. The van der Waals surface area contributed by atoms with E-state index in [2.05, 4.69) is 48.1 Å². The van der Waals surface area contributed by atoms with E-state index in [4.69, 9.17) is 4.74 Å². The van der Waals surface area contributed by atoms with E-state index in [1.807, 2.05) is 0 Å². The number of aliphatic hydroxyl groups excluding tert-OH is 1. The summed E-state index contributed by atoms with van der Waals surface area (Å²) in [4.78, 5) is 13.7. The Morgan fingerprint density at radius 1 is 0.879 bits per heavy atom. The summed E-state index contributed by atoms with van der Waals surface area (Å²) in [6, 6.07) is 0. The zero-order chi connectivity index (χ0) is 23.8. The Labute approximate surface area is 201 Å². The second kappa shape index (κ2) is 6.29. The van der Waals surface area contributed by atoms with Gasteiger partial charge in [0.1, 0.15) is 5.60 Å². The van der Waals surface area contributed by atoms with Crippen LogP contribution in [0.25, 0.3) is 0 Å². The van der Waals surface area contributed by atoms with E-state index in [9.17, 15) is 9.90 Å². The molecule has 1 saturated heterocycles. The van der Waals surface area contributed by atoms with Crippen LogP contribution in [0.4, 0.5) is 0 Å². The van der Waals surface area contributed by atoms with E-state index in [-0.39, 0.29) is 44.7 Å². The zero-order valence-corrected chi connectivity index (χ0v) is 21.9. The van der Waals surface area contributed by atoms with Gasteiger partial charge in [0.15, 0.2) is 0 Å². The minimum absolute atomic E-state index is 0.00682. The predicted octanol–water partition coefficient (Wildman–Crippen LogP) is 6.68. The van der Waals surface area contributed by atoms with Crippen LogP contribution in [0, 0.1) is 50.7 Å². The molecular weight excluding hydrogens is 408 g/mol. The normalized spacial score (nSPS) is 62.0. The Kier molecular flexibility index (Phi) is 4.31. The van der Waals surface area contributed by atoms with Crippen LogP contribution in [-0.4, -0.2) is 22.8 Å². The number of fused-ring (bicyclic) bond motifs is 4. The highest BCUT2D eigenvalue weighted by atomic mass is 16.6. The Morgan fingerprint density at radius 3 is 2.33 bits per heavy atom.